The lowest BCUT2D eigenvalue weighted by Crippen LogP contribution is -2.29. The van der Waals surface area contributed by atoms with Crippen molar-refractivity contribution in [1.82, 2.24) is 0 Å². The van der Waals surface area contributed by atoms with Crippen molar-refractivity contribution < 1.29 is 40.2 Å². The number of ether oxygens (including phenoxy) is 2. The highest BCUT2D eigenvalue weighted by Crippen LogP contribution is 2.39. The molecule has 0 aliphatic heterocycles. The second kappa shape index (κ2) is 13.4. The van der Waals surface area contributed by atoms with E-state index in [2.05, 4.69) is 35.9 Å². The van der Waals surface area contributed by atoms with Crippen LogP contribution in [0.15, 0.2) is 60.7 Å². The molecule has 41 heavy (non-hydrogen) atoms. The summed E-state index contributed by atoms with van der Waals surface area (Å²) >= 11 is 0. The summed E-state index contributed by atoms with van der Waals surface area (Å²) in [6.45, 7) is 3.00. The summed E-state index contributed by atoms with van der Waals surface area (Å²) in [5, 5.41) is 0. The Balaban J connectivity index is 1.32. The van der Waals surface area contributed by atoms with E-state index in [1.54, 1.807) is 0 Å². The summed E-state index contributed by atoms with van der Waals surface area (Å²) in [5.74, 6) is -3.08. The third kappa shape index (κ3) is 8.55. The van der Waals surface area contributed by atoms with Crippen LogP contribution in [0.1, 0.15) is 73.6 Å². The first kappa shape index (κ1) is 31.0. The predicted octanol–water partition coefficient (Wildman–Crippen LogP) is 9.85. The Kier molecular flexibility index (Phi) is 10.1. The number of hydrogen-bond donors (Lipinski definition) is 0. The highest BCUT2D eigenvalue weighted by Gasteiger charge is 2.49. The lowest BCUT2D eigenvalue weighted by Gasteiger charge is -2.29. The van der Waals surface area contributed by atoms with E-state index in [9.17, 15) is 30.7 Å². The van der Waals surface area contributed by atoms with Crippen LogP contribution < -0.4 is 0 Å². The molecular weight excluding hydrogens is 549 g/mol. The fourth-order valence-corrected chi connectivity index (χ4v) is 5.30. The van der Waals surface area contributed by atoms with E-state index >= 15 is 0 Å². The molecule has 9 heteroatoms. The Labute approximate surface area is 235 Å². The van der Waals surface area contributed by atoms with Crippen LogP contribution in [0.4, 0.5) is 30.7 Å². The molecule has 0 aromatic heterocycles. The van der Waals surface area contributed by atoms with Crippen molar-refractivity contribution in [3.8, 4) is 11.1 Å². The Morgan fingerprint density at radius 3 is 1.80 bits per heavy atom. The van der Waals surface area contributed by atoms with Gasteiger partial charge in [0.05, 0.1) is 6.10 Å². The summed E-state index contributed by atoms with van der Waals surface area (Å²) in [6, 6.07) is 17.3. The molecule has 0 heterocycles. The highest BCUT2D eigenvalue weighted by atomic mass is 19.4. The van der Waals surface area contributed by atoms with Crippen LogP contribution in [0.3, 0.4) is 0 Å². The zero-order valence-electron chi connectivity index (χ0n) is 22.8. The smallest absolute Gasteiger partial charge is 0.378 e. The molecule has 3 aromatic carbocycles. The maximum absolute atomic E-state index is 14.2. The van der Waals surface area contributed by atoms with Crippen LogP contribution in [-0.2, 0) is 28.4 Å². The van der Waals surface area contributed by atoms with Gasteiger partial charge in [0.25, 0.3) is 0 Å². The van der Waals surface area contributed by atoms with Crippen molar-refractivity contribution in [2.24, 2.45) is 0 Å². The van der Waals surface area contributed by atoms with Gasteiger partial charge in [0.2, 0.25) is 0 Å². The average molecular weight is 583 g/mol. The number of rotatable bonds is 11. The van der Waals surface area contributed by atoms with Crippen LogP contribution in [-0.4, -0.2) is 19.1 Å². The largest absolute Gasteiger partial charge is 0.527 e. The fourth-order valence-electron chi connectivity index (χ4n) is 5.30. The fraction of sp³-hybridized carbons (Fsp3) is 0.438. The second-order valence-electron chi connectivity index (χ2n) is 10.5. The number of halogens is 7. The zero-order valence-corrected chi connectivity index (χ0v) is 22.8. The summed E-state index contributed by atoms with van der Waals surface area (Å²) in [7, 11) is 0. The van der Waals surface area contributed by atoms with Gasteiger partial charge in [-0.3, -0.25) is 0 Å². The zero-order chi connectivity index (χ0) is 29.6. The van der Waals surface area contributed by atoms with Crippen molar-refractivity contribution in [3.63, 3.8) is 0 Å². The first-order valence-corrected chi connectivity index (χ1v) is 13.9. The van der Waals surface area contributed by atoms with Crippen LogP contribution in [0, 0.1) is 11.6 Å². The Hall–Kier alpha value is -2.91. The molecule has 0 radical (unpaired) electrons. The molecule has 0 bridgehead atoms. The van der Waals surface area contributed by atoms with Crippen LogP contribution in [0.2, 0.25) is 0 Å². The predicted molar refractivity (Wildman–Crippen MR) is 143 cm³/mol. The molecule has 0 amide bonds. The van der Waals surface area contributed by atoms with Gasteiger partial charge in [0.1, 0.15) is 17.2 Å². The van der Waals surface area contributed by atoms with Gasteiger partial charge < -0.3 is 4.74 Å². The minimum atomic E-state index is -5.77. The normalized spacial score (nSPS) is 18.0. The van der Waals surface area contributed by atoms with Gasteiger partial charge >= 0.3 is 12.5 Å². The third-order valence-corrected chi connectivity index (χ3v) is 7.53. The summed E-state index contributed by atoms with van der Waals surface area (Å²) in [4.78, 5) is 0. The van der Waals surface area contributed by atoms with Crippen molar-refractivity contribution >= 4 is 0 Å². The van der Waals surface area contributed by atoms with Crippen molar-refractivity contribution in [2.45, 2.75) is 82.8 Å². The molecule has 0 N–H and O–H groups in total. The van der Waals surface area contributed by atoms with Gasteiger partial charge in [-0.1, -0.05) is 61.9 Å². The molecule has 3 aromatic rings. The maximum atomic E-state index is 14.2. The topological polar surface area (TPSA) is 18.5 Å². The lowest BCUT2D eigenvalue weighted by molar-refractivity contribution is -0.432. The van der Waals surface area contributed by atoms with E-state index < -0.39 is 29.7 Å². The van der Waals surface area contributed by atoms with Gasteiger partial charge in [-0.05, 0) is 90.8 Å². The molecule has 1 saturated carbocycles. The van der Waals surface area contributed by atoms with Crippen LogP contribution in [0.5, 0.6) is 0 Å². The van der Waals surface area contributed by atoms with Gasteiger partial charge in [-0.25, -0.2) is 13.5 Å². The SMILES string of the molecule is CCCCOC1CCC(c2ccc(-c3ccc(CCc4cc(F)c(C(F)(F)OC(F)(F)F)c(F)c4)cc3)cc2)CC1. The molecule has 1 aliphatic rings. The molecular formula is C32H33F7O2. The maximum Gasteiger partial charge on any atom is 0.527 e. The van der Waals surface area contributed by atoms with Crippen LogP contribution >= 0.6 is 0 Å². The van der Waals surface area contributed by atoms with E-state index in [-0.39, 0.29) is 12.0 Å². The van der Waals surface area contributed by atoms with Crippen LogP contribution in [0.25, 0.3) is 11.1 Å². The minimum absolute atomic E-state index is 0.0350. The average Bonchev–Trinajstić information content (AvgIpc) is 2.91. The quantitative estimate of drug-likeness (QED) is 0.166. The first-order valence-electron chi connectivity index (χ1n) is 13.9. The van der Waals surface area contributed by atoms with Crippen molar-refractivity contribution in [3.05, 3.63) is 94.6 Å². The minimum Gasteiger partial charge on any atom is -0.378 e. The molecule has 0 atom stereocenters. The molecule has 0 spiro atoms. The summed E-state index contributed by atoms with van der Waals surface area (Å²) in [5.41, 5.74) is 2.19. The number of alkyl halides is 5. The molecule has 0 saturated heterocycles. The molecule has 2 nitrogen and oxygen atoms in total. The number of unbranched alkanes of at least 4 members (excludes halogenated alkanes) is 1. The van der Waals surface area contributed by atoms with Gasteiger partial charge in [0, 0.05) is 6.61 Å². The lowest BCUT2D eigenvalue weighted by atomic mass is 9.82. The molecule has 4 rings (SSSR count). The first-order chi connectivity index (χ1) is 19.4. The molecule has 1 aliphatic carbocycles. The van der Waals surface area contributed by atoms with E-state index in [1.165, 1.54) is 5.56 Å². The van der Waals surface area contributed by atoms with E-state index in [0.29, 0.717) is 30.6 Å². The number of benzene rings is 3. The monoisotopic (exact) mass is 582 g/mol. The second-order valence-corrected chi connectivity index (χ2v) is 10.5. The highest BCUT2D eigenvalue weighted by molar-refractivity contribution is 5.64. The Bertz CT molecular complexity index is 1240. The van der Waals surface area contributed by atoms with E-state index in [4.69, 9.17) is 4.74 Å². The van der Waals surface area contributed by atoms with E-state index in [0.717, 1.165) is 61.8 Å². The van der Waals surface area contributed by atoms with Gasteiger partial charge in [-0.15, -0.1) is 13.2 Å². The van der Waals surface area contributed by atoms with Crippen molar-refractivity contribution in [1.29, 1.82) is 0 Å². The number of hydrogen-bond acceptors (Lipinski definition) is 2. The molecule has 222 valence electrons. The standard InChI is InChI=1S/C32H33F7O2/c1-2-3-18-40-27-16-14-26(15-17-27)25-12-10-24(11-13-25)23-8-6-21(7-9-23)4-5-22-19-28(33)30(29(34)20-22)31(35,36)41-32(37,38)39/h6-13,19-20,26-27H,2-5,14-18H2,1H3. The molecule has 0 unspecified atom stereocenters. The Morgan fingerprint density at radius 2 is 1.27 bits per heavy atom. The molecule has 1 fully saturated rings. The van der Waals surface area contributed by atoms with Crippen molar-refractivity contribution in [2.75, 3.05) is 6.61 Å². The van der Waals surface area contributed by atoms with Gasteiger partial charge in [0.15, 0.2) is 0 Å². The van der Waals surface area contributed by atoms with Gasteiger partial charge in [-0.2, -0.15) is 8.78 Å². The number of aryl methyl sites for hydroxylation is 2. The summed E-state index contributed by atoms with van der Waals surface area (Å²) < 4.78 is 101. The third-order valence-electron chi connectivity index (χ3n) is 7.53. The van der Waals surface area contributed by atoms with E-state index in [1.807, 2.05) is 24.3 Å². The summed E-state index contributed by atoms with van der Waals surface area (Å²) in [6.07, 6.45) is -3.50. The Morgan fingerprint density at radius 1 is 0.732 bits per heavy atom.